The van der Waals surface area contributed by atoms with E-state index < -0.39 is 12.0 Å². The lowest BCUT2D eigenvalue weighted by Crippen LogP contribution is -2.38. The van der Waals surface area contributed by atoms with Gasteiger partial charge in [0.1, 0.15) is 12.3 Å². The van der Waals surface area contributed by atoms with Gasteiger partial charge < -0.3 is 24.3 Å². The van der Waals surface area contributed by atoms with Crippen LogP contribution in [0.1, 0.15) is 35.3 Å². The zero-order valence-electron chi connectivity index (χ0n) is 10.8. The Hall–Kier alpha value is -1.44. The summed E-state index contributed by atoms with van der Waals surface area (Å²) < 4.78 is 15.0. The number of hydrogen-bond donors (Lipinski definition) is 2. The van der Waals surface area contributed by atoms with Crippen LogP contribution in [0, 0.1) is 0 Å². The monoisotopic (exact) mass is 270 g/mol. The van der Waals surface area contributed by atoms with Crippen molar-refractivity contribution in [2.45, 2.75) is 24.9 Å². The third kappa shape index (κ3) is 3.52. The summed E-state index contributed by atoms with van der Waals surface area (Å²) in [4.78, 5) is 15.3. The zero-order valence-corrected chi connectivity index (χ0v) is 10.8. The number of oxazole rings is 1. The maximum Gasteiger partial charge on any atom is 0.360 e. The minimum Gasteiger partial charge on any atom is -0.464 e. The number of carbonyl (C=O) groups is 1. The number of methoxy groups -OCH3 is 1. The maximum absolute atomic E-state index is 11.3. The fraction of sp³-hybridized carbons (Fsp3) is 0.667. The van der Waals surface area contributed by atoms with Gasteiger partial charge in [-0.05, 0) is 12.8 Å². The van der Waals surface area contributed by atoms with Crippen LogP contribution in [0.4, 0.5) is 0 Å². The van der Waals surface area contributed by atoms with Gasteiger partial charge in [0.25, 0.3) is 0 Å². The third-order valence-electron chi connectivity index (χ3n) is 3.06. The molecular weight excluding hydrogens is 252 g/mol. The molecule has 2 heterocycles. The van der Waals surface area contributed by atoms with E-state index in [1.807, 2.05) is 0 Å². The van der Waals surface area contributed by atoms with Crippen LogP contribution in [0.3, 0.4) is 0 Å². The molecule has 1 aromatic rings. The van der Waals surface area contributed by atoms with E-state index >= 15 is 0 Å². The number of nitrogens with one attached hydrogen (secondary N) is 1. The van der Waals surface area contributed by atoms with E-state index in [2.05, 4.69) is 15.0 Å². The molecule has 2 N–H and O–H groups in total. The molecule has 0 spiro atoms. The first kappa shape index (κ1) is 14.0. The molecule has 2 rings (SSSR count). The van der Waals surface area contributed by atoms with Crippen molar-refractivity contribution in [1.29, 1.82) is 0 Å². The Labute approximate surface area is 110 Å². The van der Waals surface area contributed by atoms with Gasteiger partial charge in [-0.3, -0.25) is 0 Å². The standard InChI is InChI=1S/C12H18N2O5/c1-17-12(16)10-7-19-11(14-10)9(6-15)13-8-2-4-18-5-3-8/h7-9,13,15H,2-6H2,1H3/t9-/m1/s1. The fourth-order valence-electron chi connectivity index (χ4n) is 2.00. The molecule has 106 valence electrons. The molecule has 1 saturated heterocycles. The molecule has 1 fully saturated rings. The van der Waals surface area contributed by atoms with Crippen molar-refractivity contribution >= 4 is 5.97 Å². The molecule has 0 aliphatic carbocycles. The minimum atomic E-state index is -0.558. The second-order valence-corrected chi connectivity index (χ2v) is 4.35. The van der Waals surface area contributed by atoms with Crippen LogP contribution in [0.5, 0.6) is 0 Å². The predicted molar refractivity (Wildman–Crippen MR) is 64.6 cm³/mol. The number of aromatic nitrogens is 1. The highest BCUT2D eigenvalue weighted by Crippen LogP contribution is 2.16. The molecule has 1 aromatic heterocycles. The van der Waals surface area contributed by atoms with Crippen LogP contribution >= 0.6 is 0 Å². The Bertz CT molecular complexity index is 414. The first-order valence-corrected chi connectivity index (χ1v) is 6.23. The third-order valence-corrected chi connectivity index (χ3v) is 3.06. The Kier molecular flexibility index (Phi) is 4.89. The van der Waals surface area contributed by atoms with Gasteiger partial charge >= 0.3 is 5.97 Å². The normalized spacial score (nSPS) is 18.2. The van der Waals surface area contributed by atoms with Crippen molar-refractivity contribution in [3.05, 3.63) is 17.8 Å². The van der Waals surface area contributed by atoms with Crippen molar-refractivity contribution in [2.75, 3.05) is 26.9 Å². The molecule has 0 aromatic carbocycles. The van der Waals surface area contributed by atoms with Crippen LogP contribution in [-0.2, 0) is 9.47 Å². The second kappa shape index (κ2) is 6.65. The largest absolute Gasteiger partial charge is 0.464 e. The van der Waals surface area contributed by atoms with E-state index in [1.54, 1.807) is 0 Å². The van der Waals surface area contributed by atoms with Gasteiger partial charge in [0, 0.05) is 19.3 Å². The lowest BCUT2D eigenvalue weighted by atomic mass is 10.1. The SMILES string of the molecule is COC(=O)c1coc([C@@H](CO)NC2CCOCC2)n1. The first-order chi connectivity index (χ1) is 9.24. The van der Waals surface area contributed by atoms with Gasteiger partial charge in [0.15, 0.2) is 5.69 Å². The number of carbonyl (C=O) groups excluding carboxylic acids is 1. The molecule has 1 aliphatic heterocycles. The van der Waals surface area contributed by atoms with Crippen molar-refractivity contribution < 1.29 is 23.8 Å². The van der Waals surface area contributed by atoms with Gasteiger partial charge in [-0.25, -0.2) is 9.78 Å². The van der Waals surface area contributed by atoms with E-state index in [-0.39, 0.29) is 24.2 Å². The molecule has 1 atom stereocenters. The van der Waals surface area contributed by atoms with Crippen LogP contribution < -0.4 is 5.32 Å². The molecule has 0 unspecified atom stereocenters. The molecule has 0 saturated carbocycles. The van der Waals surface area contributed by atoms with Gasteiger partial charge in [-0.15, -0.1) is 0 Å². The number of hydrogen-bond acceptors (Lipinski definition) is 7. The summed E-state index contributed by atoms with van der Waals surface area (Å²) in [7, 11) is 1.28. The Morgan fingerprint density at radius 2 is 2.37 bits per heavy atom. The van der Waals surface area contributed by atoms with Crippen molar-refractivity contribution in [3.8, 4) is 0 Å². The second-order valence-electron chi connectivity index (χ2n) is 4.35. The molecule has 7 nitrogen and oxygen atoms in total. The number of esters is 1. The van der Waals surface area contributed by atoms with E-state index in [9.17, 15) is 9.90 Å². The number of nitrogens with zero attached hydrogens (tertiary/aromatic N) is 1. The van der Waals surface area contributed by atoms with Crippen molar-refractivity contribution in [1.82, 2.24) is 10.3 Å². The highest BCUT2D eigenvalue weighted by Gasteiger charge is 2.23. The van der Waals surface area contributed by atoms with Crippen LogP contribution in [0.15, 0.2) is 10.7 Å². The van der Waals surface area contributed by atoms with E-state index in [0.717, 1.165) is 12.8 Å². The molecule has 7 heteroatoms. The molecular formula is C12H18N2O5. The molecule has 0 amide bonds. The number of aliphatic hydroxyl groups excluding tert-OH is 1. The Balaban J connectivity index is 2.00. The first-order valence-electron chi connectivity index (χ1n) is 6.23. The van der Waals surface area contributed by atoms with Gasteiger partial charge in [0.2, 0.25) is 5.89 Å². The molecule has 1 aliphatic rings. The summed E-state index contributed by atoms with van der Waals surface area (Å²) in [5.74, 6) is -0.271. The van der Waals surface area contributed by atoms with Gasteiger partial charge in [0.05, 0.1) is 13.7 Å². The van der Waals surface area contributed by atoms with E-state index in [1.165, 1.54) is 13.4 Å². The Morgan fingerprint density at radius 3 is 3.00 bits per heavy atom. The topological polar surface area (TPSA) is 93.8 Å². The Morgan fingerprint density at radius 1 is 1.63 bits per heavy atom. The summed E-state index contributed by atoms with van der Waals surface area (Å²) in [5.41, 5.74) is 0.102. The summed E-state index contributed by atoms with van der Waals surface area (Å²) in [6, 6.07) is -0.180. The van der Waals surface area contributed by atoms with E-state index in [4.69, 9.17) is 9.15 Å². The average Bonchev–Trinajstić information content (AvgIpc) is 2.94. The lowest BCUT2D eigenvalue weighted by molar-refractivity contribution is 0.0594. The molecule has 0 bridgehead atoms. The van der Waals surface area contributed by atoms with Crippen molar-refractivity contribution in [3.63, 3.8) is 0 Å². The highest BCUT2D eigenvalue weighted by atomic mass is 16.5. The molecule has 0 radical (unpaired) electrons. The maximum atomic E-state index is 11.3. The summed E-state index contributed by atoms with van der Waals surface area (Å²) in [5, 5.41) is 12.7. The smallest absolute Gasteiger partial charge is 0.360 e. The minimum absolute atomic E-state index is 0.102. The quantitative estimate of drug-likeness (QED) is 0.741. The predicted octanol–water partition coefficient (Wildman–Crippen LogP) is 0.263. The average molecular weight is 270 g/mol. The van der Waals surface area contributed by atoms with Crippen molar-refractivity contribution in [2.24, 2.45) is 0 Å². The van der Waals surface area contributed by atoms with Crippen LogP contribution in [0.2, 0.25) is 0 Å². The summed E-state index contributed by atoms with van der Waals surface area (Å²) in [6.45, 7) is 1.25. The van der Waals surface area contributed by atoms with Gasteiger partial charge in [-0.2, -0.15) is 0 Å². The number of rotatable bonds is 5. The van der Waals surface area contributed by atoms with Gasteiger partial charge in [-0.1, -0.05) is 0 Å². The highest BCUT2D eigenvalue weighted by molar-refractivity contribution is 5.86. The summed E-state index contributed by atoms with van der Waals surface area (Å²) in [6.07, 6.45) is 2.98. The lowest BCUT2D eigenvalue weighted by Gasteiger charge is -2.26. The molecule has 19 heavy (non-hydrogen) atoms. The van der Waals surface area contributed by atoms with E-state index in [0.29, 0.717) is 13.2 Å². The number of aliphatic hydroxyl groups is 1. The summed E-state index contributed by atoms with van der Waals surface area (Å²) >= 11 is 0. The van der Waals surface area contributed by atoms with Crippen LogP contribution in [-0.4, -0.2) is 49.0 Å². The van der Waals surface area contributed by atoms with Crippen LogP contribution in [0.25, 0.3) is 0 Å². The fourth-order valence-corrected chi connectivity index (χ4v) is 2.00. The zero-order chi connectivity index (χ0) is 13.7. The number of ether oxygens (including phenoxy) is 2.